The lowest BCUT2D eigenvalue weighted by atomic mass is 10.1. The molecule has 0 heterocycles. The van der Waals surface area contributed by atoms with Crippen molar-refractivity contribution in [2.45, 2.75) is 12.5 Å². The summed E-state index contributed by atoms with van der Waals surface area (Å²) in [6, 6.07) is 9.40. The van der Waals surface area contributed by atoms with Gasteiger partial charge in [0.1, 0.15) is 0 Å². The van der Waals surface area contributed by atoms with E-state index < -0.39 is 5.97 Å². The van der Waals surface area contributed by atoms with Crippen molar-refractivity contribution in [3.63, 3.8) is 0 Å². The van der Waals surface area contributed by atoms with E-state index in [0.717, 1.165) is 5.56 Å². The van der Waals surface area contributed by atoms with Crippen molar-refractivity contribution in [1.29, 1.82) is 0 Å². The van der Waals surface area contributed by atoms with Crippen LogP contribution in [-0.2, 0) is 4.79 Å². The Hall–Kier alpha value is -1.65. The first-order chi connectivity index (χ1) is 8.19. The van der Waals surface area contributed by atoms with E-state index in [2.05, 4.69) is 6.58 Å². The van der Waals surface area contributed by atoms with E-state index in [9.17, 15) is 9.90 Å². The third-order valence-corrected chi connectivity index (χ3v) is 2.55. The van der Waals surface area contributed by atoms with Crippen molar-refractivity contribution in [1.82, 2.24) is 4.90 Å². The van der Waals surface area contributed by atoms with Gasteiger partial charge in [-0.1, -0.05) is 36.4 Å². The first-order valence-corrected chi connectivity index (χ1v) is 5.43. The summed E-state index contributed by atoms with van der Waals surface area (Å²) >= 11 is 0. The van der Waals surface area contributed by atoms with E-state index in [4.69, 9.17) is 5.11 Å². The average molecular weight is 235 g/mol. The molecule has 0 spiro atoms. The minimum absolute atomic E-state index is 0.00225. The van der Waals surface area contributed by atoms with Gasteiger partial charge in [0.2, 0.25) is 0 Å². The minimum atomic E-state index is -0.876. The summed E-state index contributed by atoms with van der Waals surface area (Å²) in [4.78, 5) is 12.2. The van der Waals surface area contributed by atoms with Crippen LogP contribution in [0.4, 0.5) is 0 Å². The molecule has 0 amide bonds. The van der Waals surface area contributed by atoms with Crippen LogP contribution in [0.2, 0.25) is 0 Å². The molecule has 1 aromatic rings. The van der Waals surface area contributed by atoms with Gasteiger partial charge in [0, 0.05) is 6.54 Å². The van der Waals surface area contributed by atoms with Gasteiger partial charge in [-0.15, -0.1) is 6.58 Å². The van der Waals surface area contributed by atoms with Gasteiger partial charge in [0.15, 0.2) is 0 Å². The molecule has 17 heavy (non-hydrogen) atoms. The molecule has 0 saturated carbocycles. The lowest BCUT2D eigenvalue weighted by molar-refractivity contribution is -0.137. The quantitative estimate of drug-likeness (QED) is 0.557. The summed E-state index contributed by atoms with van der Waals surface area (Å²) in [6.07, 6.45) is 1.70. The fraction of sp³-hybridized carbons (Fsp3) is 0.308. The predicted octanol–water partition coefficient (Wildman–Crippen LogP) is 1.64. The highest BCUT2D eigenvalue weighted by molar-refractivity contribution is 5.66. The van der Waals surface area contributed by atoms with Crippen LogP contribution in [0, 0.1) is 0 Å². The van der Waals surface area contributed by atoms with Gasteiger partial charge in [-0.05, 0) is 5.56 Å². The second-order valence-electron chi connectivity index (χ2n) is 3.69. The number of carboxylic acid groups (broad SMARTS) is 1. The molecule has 1 unspecified atom stereocenters. The van der Waals surface area contributed by atoms with Gasteiger partial charge in [-0.2, -0.15) is 0 Å². The average Bonchev–Trinajstić information content (AvgIpc) is 2.35. The molecule has 92 valence electrons. The Morgan fingerprint density at radius 2 is 2.06 bits per heavy atom. The molecule has 0 bridgehead atoms. The molecule has 0 saturated heterocycles. The molecular weight excluding hydrogens is 218 g/mol. The molecule has 0 aliphatic carbocycles. The lowest BCUT2D eigenvalue weighted by Crippen LogP contribution is -2.30. The van der Waals surface area contributed by atoms with Crippen molar-refractivity contribution in [2.24, 2.45) is 0 Å². The molecule has 4 heteroatoms. The van der Waals surface area contributed by atoms with Crippen LogP contribution in [-0.4, -0.2) is 34.4 Å². The number of hydrogen-bond acceptors (Lipinski definition) is 3. The number of rotatable bonds is 7. The molecule has 1 rings (SSSR count). The van der Waals surface area contributed by atoms with E-state index in [1.165, 1.54) is 0 Å². The Bertz CT molecular complexity index is 364. The van der Waals surface area contributed by atoms with E-state index in [0.29, 0.717) is 0 Å². The van der Waals surface area contributed by atoms with Gasteiger partial charge in [0.05, 0.1) is 19.2 Å². The maximum absolute atomic E-state index is 10.5. The number of aliphatic carboxylic acids is 1. The second kappa shape index (κ2) is 6.83. The van der Waals surface area contributed by atoms with Gasteiger partial charge in [0.25, 0.3) is 0 Å². The number of carbonyl (C=O) groups is 1. The van der Waals surface area contributed by atoms with E-state index in [1.54, 1.807) is 11.0 Å². The summed E-state index contributed by atoms with van der Waals surface area (Å²) in [6.45, 7) is 3.83. The highest BCUT2D eigenvalue weighted by Crippen LogP contribution is 2.21. The van der Waals surface area contributed by atoms with Crippen LogP contribution < -0.4 is 0 Å². The van der Waals surface area contributed by atoms with E-state index >= 15 is 0 Å². The maximum Gasteiger partial charge on any atom is 0.304 e. The van der Waals surface area contributed by atoms with Crippen LogP contribution in [0.5, 0.6) is 0 Å². The predicted molar refractivity (Wildman–Crippen MR) is 65.4 cm³/mol. The Kier molecular flexibility index (Phi) is 5.39. The Labute approximate surface area is 101 Å². The molecule has 0 aliphatic heterocycles. The third-order valence-electron chi connectivity index (χ3n) is 2.55. The number of hydrogen-bond donors (Lipinski definition) is 2. The topological polar surface area (TPSA) is 60.8 Å². The molecule has 0 fully saturated rings. The highest BCUT2D eigenvalue weighted by Gasteiger charge is 2.16. The minimum Gasteiger partial charge on any atom is -0.481 e. The number of carboxylic acids is 1. The number of nitrogens with zero attached hydrogens (tertiary/aromatic N) is 1. The number of benzene rings is 1. The molecular formula is C13H17NO3. The molecule has 1 aromatic carbocycles. The van der Waals surface area contributed by atoms with Gasteiger partial charge in [-0.25, -0.2) is 0 Å². The molecule has 1 atom stereocenters. The molecule has 0 radical (unpaired) electrons. The van der Waals surface area contributed by atoms with Crippen LogP contribution in [0.25, 0.3) is 0 Å². The number of aliphatic hydroxyl groups excluding tert-OH is 1. The fourth-order valence-corrected chi connectivity index (χ4v) is 1.68. The first-order valence-electron chi connectivity index (χ1n) is 5.43. The number of aliphatic hydroxyl groups is 1. The second-order valence-corrected chi connectivity index (χ2v) is 3.69. The Morgan fingerprint density at radius 1 is 1.41 bits per heavy atom. The van der Waals surface area contributed by atoms with E-state index in [-0.39, 0.29) is 25.7 Å². The Morgan fingerprint density at radius 3 is 2.53 bits per heavy atom. The highest BCUT2D eigenvalue weighted by atomic mass is 16.4. The van der Waals surface area contributed by atoms with Gasteiger partial charge in [-0.3, -0.25) is 9.69 Å². The zero-order valence-electron chi connectivity index (χ0n) is 9.62. The molecule has 0 aliphatic rings. The SMILES string of the molecule is C=CC(c1ccccc1)N(CO)CCC(=O)O. The summed E-state index contributed by atoms with van der Waals surface area (Å²) in [5, 5.41) is 17.9. The normalized spacial score (nSPS) is 12.4. The fourth-order valence-electron chi connectivity index (χ4n) is 1.68. The van der Waals surface area contributed by atoms with Crippen molar-refractivity contribution >= 4 is 5.97 Å². The monoisotopic (exact) mass is 235 g/mol. The maximum atomic E-state index is 10.5. The summed E-state index contributed by atoms with van der Waals surface area (Å²) in [5.41, 5.74) is 0.988. The van der Waals surface area contributed by atoms with Crippen LogP contribution in [0.3, 0.4) is 0 Å². The zero-order valence-corrected chi connectivity index (χ0v) is 9.62. The van der Waals surface area contributed by atoms with Crippen LogP contribution in [0.15, 0.2) is 43.0 Å². The van der Waals surface area contributed by atoms with Crippen molar-refractivity contribution in [3.05, 3.63) is 48.6 Å². The van der Waals surface area contributed by atoms with Gasteiger partial charge < -0.3 is 10.2 Å². The molecule has 2 N–H and O–H groups in total. The third kappa shape index (κ3) is 4.01. The largest absolute Gasteiger partial charge is 0.481 e. The molecule has 4 nitrogen and oxygen atoms in total. The standard InChI is InChI=1S/C13H17NO3/c1-2-12(11-6-4-3-5-7-11)14(10-15)9-8-13(16)17/h2-7,12,15H,1,8-10H2,(H,16,17). The summed E-state index contributed by atoms with van der Waals surface area (Å²) < 4.78 is 0. The van der Waals surface area contributed by atoms with Crippen LogP contribution >= 0.6 is 0 Å². The first kappa shape index (κ1) is 13.4. The zero-order chi connectivity index (χ0) is 12.7. The lowest BCUT2D eigenvalue weighted by Gasteiger charge is -2.27. The van der Waals surface area contributed by atoms with Crippen molar-refractivity contribution in [3.8, 4) is 0 Å². The van der Waals surface area contributed by atoms with Crippen LogP contribution in [0.1, 0.15) is 18.0 Å². The molecule has 0 aromatic heterocycles. The summed E-state index contributed by atoms with van der Waals surface area (Å²) in [5.74, 6) is -0.876. The Balaban J connectivity index is 2.76. The van der Waals surface area contributed by atoms with Crippen molar-refractivity contribution < 1.29 is 15.0 Å². The van der Waals surface area contributed by atoms with Gasteiger partial charge >= 0.3 is 5.97 Å². The van der Waals surface area contributed by atoms with E-state index in [1.807, 2.05) is 30.3 Å². The van der Waals surface area contributed by atoms with Crippen molar-refractivity contribution in [2.75, 3.05) is 13.3 Å². The summed E-state index contributed by atoms with van der Waals surface area (Å²) in [7, 11) is 0. The smallest absolute Gasteiger partial charge is 0.304 e.